The molecule has 458 valence electrons. The van der Waals surface area contributed by atoms with Crippen LogP contribution in [0.3, 0.4) is 0 Å². The van der Waals surface area contributed by atoms with E-state index in [0.29, 0.717) is 19.4 Å². The summed E-state index contributed by atoms with van der Waals surface area (Å²) in [7, 11) is 0. The van der Waals surface area contributed by atoms with Crippen molar-refractivity contribution in [1.82, 2.24) is 5.32 Å². The van der Waals surface area contributed by atoms with Gasteiger partial charge in [-0.15, -0.1) is 0 Å². The molecular formula is C71H139NO5. The zero-order valence-electron chi connectivity index (χ0n) is 52.5. The maximum absolute atomic E-state index is 12.5. The fourth-order valence-electron chi connectivity index (χ4n) is 11.4. The molecule has 0 rings (SSSR count). The Bertz CT molecular complexity index is 1160. The van der Waals surface area contributed by atoms with Crippen LogP contribution in [0.15, 0.2) is 12.2 Å². The van der Waals surface area contributed by atoms with E-state index < -0.39 is 12.1 Å². The highest BCUT2D eigenvalue weighted by Gasteiger charge is 2.18. The predicted octanol–water partition coefficient (Wildman–Crippen LogP) is 22.8. The molecule has 0 saturated carbocycles. The van der Waals surface area contributed by atoms with Gasteiger partial charge in [-0.05, 0) is 32.1 Å². The molecule has 0 spiro atoms. The molecule has 77 heavy (non-hydrogen) atoms. The van der Waals surface area contributed by atoms with E-state index in [1.807, 2.05) is 6.08 Å². The van der Waals surface area contributed by atoms with Crippen molar-refractivity contribution in [2.45, 2.75) is 418 Å². The Kier molecular flexibility index (Phi) is 65.9. The predicted molar refractivity (Wildman–Crippen MR) is 338 cm³/mol. The summed E-state index contributed by atoms with van der Waals surface area (Å²) < 4.78 is 5.51. The Morgan fingerprint density at radius 3 is 0.883 bits per heavy atom. The Balaban J connectivity index is 3.38. The van der Waals surface area contributed by atoms with Gasteiger partial charge in [0.1, 0.15) is 0 Å². The lowest BCUT2D eigenvalue weighted by Crippen LogP contribution is -2.45. The molecule has 2 atom stereocenters. The number of ether oxygens (including phenoxy) is 1. The van der Waals surface area contributed by atoms with Crippen molar-refractivity contribution >= 4 is 11.9 Å². The molecule has 6 heteroatoms. The lowest BCUT2D eigenvalue weighted by molar-refractivity contribution is -0.143. The number of aliphatic hydroxyl groups excluding tert-OH is 2. The number of hydrogen-bond acceptors (Lipinski definition) is 5. The molecule has 0 fully saturated rings. The molecule has 6 nitrogen and oxygen atoms in total. The third-order valence-electron chi connectivity index (χ3n) is 16.8. The zero-order chi connectivity index (χ0) is 55.7. The van der Waals surface area contributed by atoms with Gasteiger partial charge >= 0.3 is 5.97 Å². The third-order valence-corrected chi connectivity index (χ3v) is 16.8. The zero-order valence-corrected chi connectivity index (χ0v) is 52.5. The Morgan fingerprint density at radius 1 is 0.351 bits per heavy atom. The number of esters is 1. The normalized spacial score (nSPS) is 12.5. The summed E-state index contributed by atoms with van der Waals surface area (Å²) in [6, 6.07) is -0.628. The Hall–Kier alpha value is -1.40. The highest BCUT2D eigenvalue weighted by atomic mass is 16.5. The van der Waals surface area contributed by atoms with E-state index in [0.717, 1.165) is 38.5 Å². The maximum Gasteiger partial charge on any atom is 0.305 e. The summed E-state index contributed by atoms with van der Waals surface area (Å²) in [5.74, 6) is -0.0456. The Morgan fingerprint density at radius 2 is 0.597 bits per heavy atom. The lowest BCUT2D eigenvalue weighted by Gasteiger charge is -2.20. The third kappa shape index (κ3) is 63.6. The van der Waals surface area contributed by atoms with E-state index in [1.165, 1.54) is 340 Å². The number of unbranched alkanes of at least 4 members (excludes halogenated alkanes) is 56. The van der Waals surface area contributed by atoms with Crippen LogP contribution in [0.4, 0.5) is 0 Å². The van der Waals surface area contributed by atoms with Gasteiger partial charge in [0.2, 0.25) is 5.91 Å². The summed E-state index contributed by atoms with van der Waals surface area (Å²) in [5, 5.41) is 23.3. The van der Waals surface area contributed by atoms with Gasteiger partial charge in [0.25, 0.3) is 0 Å². The van der Waals surface area contributed by atoms with E-state index in [2.05, 4.69) is 19.2 Å². The molecule has 3 N–H and O–H groups in total. The fraction of sp³-hybridized carbons (Fsp3) is 0.944. The highest BCUT2D eigenvalue weighted by molar-refractivity contribution is 5.76. The van der Waals surface area contributed by atoms with E-state index in [-0.39, 0.29) is 18.5 Å². The molecule has 0 aliphatic carbocycles. The largest absolute Gasteiger partial charge is 0.466 e. The summed E-state index contributed by atoms with van der Waals surface area (Å²) >= 11 is 0. The van der Waals surface area contributed by atoms with Gasteiger partial charge in [-0.1, -0.05) is 373 Å². The first-order valence-electron chi connectivity index (χ1n) is 35.5. The first kappa shape index (κ1) is 75.6. The second-order valence-electron chi connectivity index (χ2n) is 24.6. The molecule has 0 aromatic heterocycles. The van der Waals surface area contributed by atoms with Crippen molar-refractivity contribution in [3.8, 4) is 0 Å². The van der Waals surface area contributed by atoms with Crippen molar-refractivity contribution < 1.29 is 24.5 Å². The van der Waals surface area contributed by atoms with E-state index in [4.69, 9.17) is 4.74 Å². The second kappa shape index (κ2) is 67.1. The molecule has 0 radical (unpaired) electrons. The smallest absolute Gasteiger partial charge is 0.305 e. The maximum atomic E-state index is 12.5. The van der Waals surface area contributed by atoms with Crippen molar-refractivity contribution in [2.24, 2.45) is 0 Å². The summed E-state index contributed by atoms with van der Waals surface area (Å²) in [6.07, 6.45) is 82.8. The topological polar surface area (TPSA) is 95.9 Å². The van der Waals surface area contributed by atoms with Crippen LogP contribution >= 0.6 is 0 Å². The number of amides is 1. The van der Waals surface area contributed by atoms with Gasteiger partial charge in [0, 0.05) is 12.8 Å². The van der Waals surface area contributed by atoms with Crippen molar-refractivity contribution in [2.75, 3.05) is 13.2 Å². The SMILES string of the molecule is CCCCCCCCCCCCCCCCCCCCC/C=C/C(O)C(CO)NC(=O)CCCCCCCCCCCCCCCCCCCCCCCCOC(=O)CCCCCCCCCCCCCCCCCCC. The highest BCUT2D eigenvalue weighted by Crippen LogP contribution is 2.19. The quantitative estimate of drug-likeness (QED) is 0.0320. The average Bonchev–Trinajstić information content (AvgIpc) is 3.43. The van der Waals surface area contributed by atoms with E-state index in [9.17, 15) is 19.8 Å². The van der Waals surface area contributed by atoms with Crippen LogP contribution in [-0.4, -0.2) is 47.4 Å². The van der Waals surface area contributed by atoms with Crippen LogP contribution in [0.2, 0.25) is 0 Å². The monoisotopic (exact) mass is 1090 g/mol. The number of aliphatic hydroxyl groups is 2. The molecule has 0 aliphatic heterocycles. The van der Waals surface area contributed by atoms with Crippen LogP contribution in [0, 0.1) is 0 Å². The molecule has 2 unspecified atom stereocenters. The number of carbonyl (C=O) groups excluding carboxylic acids is 2. The van der Waals surface area contributed by atoms with E-state index >= 15 is 0 Å². The van der Waals surface area contributed by atoms with Crippen LogP contribution < -0.4 is 5.32 Å². The molecular weight excluding hydrogens is 947 g/mol. The van der Waals surface area contributed by atoms with E-state index in [1.54, 1.807) is 6.08 Å². The minimum atomic E-state index is -0.845. The number of carbonyl (C=O) groups is 2. The second-order valence-corrected chi connectivity index (χ2v) is 24.6. The molecule has 0 heterocycles. The van der Waals surface area contributed by atoms with Crippen LogP contribution in [0.25, 0.3) is 0 Å². The minimum Gasteiger partial charge on any atom is -0.466 e. The van der Waals surface area contributed by atoms with Crippen molar-refractivity contribution in [3.05, 3.63) is 12.2 Å². The van der Waals surface area contributed by atoms with Gasteiger partial charge in [-0.2, -0.15) is 0 Å². The average molecular weight is 1090 g/mol. The molecule has 0 aromatic carbocycles. The first-order chi connectivity index (χ1) is 38.0. The standard InChI is InChI=1S/C71H139NO5/c1-3-5-7-9-11-13-15-17-19-21-22-25-28-32-35-39-43-47-51-55-59-63-69(74)68(67-73)72-70(75)64-60-56-52-48-44-40-36-33-29-26-23-24-27-30-34-38-42-46-50-54-58-62-66-77-71(76)65-61-57-53-49-45-41-37-31-20-18-16-14-12-10-8-6-4-2/h59,63,68-69,73-74H,3-58,60-62,64-67H2,1-2H3,(H,72,75)/b63-59+. The number of hydrogen-bond donors (Lipinski definition) is 3. The van der Waals surface area contributed by atoms with Crippen LogP contribution in [0.1, 0.15) is 406 Å². The van der Waals surface area contributed by atoms with Gasteiger partial charge in [-0.3, -0.25) is 9.59 Å². The number of allylic oxidation sites excluding steroid dienone is 1. The molecule has 0 aromatic rings. The van der Waals surface area contributed by atoms with Gasteiger partial charge < -0.3 is 20.3 Å². The number of nitrogens with one attached hydrogen (secondary N) is 1. The molecule has 1 amide bonds. The van der Waals surface area contributed by atoms with Gasteiger partial charge in [0.05, 0.1) is 25.4 Å². The summed E-state index contributed by atoms with van der Waals surface area (Å²) in [6.45, 7) is 4.95. The van der Waals surface area contributed by atoms with Gasteiger partial charge in [0.15, 0.2) is 0 Å². The summed E-state index contributed by atoms with van der Waals surface area (Å²) in [4.78, 5) is 24.6. The van der Waals surface area contributed by atoms with Crippen LogP contribution in [0.5, 0.6) is 0 Å². The van der Waals surface area contributed by atoms with Gasteiger partial charge in [-0.25, -0.2) is 0 Å². The number of rotatable bonds is 67. The fourth-order valence-corrected chi connectivity index (χ4v) is 11.4. The molecule has 0 bridgehead atoms. The van der Waals surface area contributed by atoms with Crippen molar-refractivity contribution in [1.29, 1.82) is 0 Å². The van der Waals surface area contributed by atoms with Crippen LogP contribution in [-0.2, 0) is 14.3 Å². The lowest BCUT2D eigenvalue weighted by atomic mass is 10.0. The molecule has 0 saturated heterocycles. The van der Waals surface area contributed by atoms with Crippen molar-refractivity contribution in [3.63, 3.8) is 0 Å². The summed E-state index contributed by atoms with van der Waals surface area (Å²) in [5.41, 5.74) is 0. The minimum absolute atomic E-state index is 0.0179. The Labute approximate surface area is 482 Å². The molecule has 0 aliphatic rings. The first-order valence-corrected chi connectivity index (χ1v) is 35.5.